The summed E-state index contributed by atoms with van der Waals surface area (Å²) in [7, 11) is 0. The lowest BCUT2D eigenvalue weighted by Crippen LogP contribution is -2.18. The van der Waals surface area contributed by atoms with Crippen LogP contribution in [0.3, 0.4) is 0 Å². The molecule has 0 unspecified atom stereocenters. The maximum Gasteiger partial charge on any atom is 0.417 e. The predicted octanol–water partition coefficient (Wildman–Crippen LogP) is 6.08. The quantitative estimate of drug-likeness (QED) is 0.391. The molecule has 0 aliphatic rings. The molecule has 0 aliphatic carbocycles. The molecule has 5 nitrogen and oxygen atoms in total. The molecule has 1 amide bonds. The molecule has 4 aromatic carbocycles. The fourth-order valence-corrected chi connectivity index (χ4v) is 3.35. The number of amides is 1. The number of nitrogens with one attached hydrogen (secondary N) is 1. The van der Waals surface area contributed by atoms with Gasteiger partial charge in [-0.05, 0) is 36.6 Å². The van der Waals surface area contributed by atoms with E-state index < -0.39 is 6.09 Å². The Morgan fingerprint density at radius 3 is 2.39 bits per heavy atom. The number of hydrogen-bond donors (Lipinski definition) is 1. The average Bonchev–Trinajstić information content (AvgIpc) is 2.80. The normalized spacial score (nSPS) is 10.5. The van der Waals surface area contributed by atoms with E-state index in [1.54, 1.807) is 48.5 Å². The SMILES string of the molecule is CCOc1ccc(OC(=O)Nc2cccc3ccccc23)c(C(=O)c2ccccc2)c1. The van der Waals surface area contributed by atoms with Crippen molar-refractivity contribution in [3.8, 4) is 11.5 Å². The van der Waals surface area contributed by atoms with Crippen LogP contribution < -0.4 is 14.8 Å². The highest BCUT2D eigenvalue weighted by Gasteiger charge is 2.19. The lowest BCUT2D eigenvalue weighted by Gasteiger charge is -2.13. The molecule has 154 valence electrons. The number of ketones is 1. The summed E-state index contributed by atoms with van der Waals surface area (Å²) in [6, 6.07) is 27.0. The Morgan fingerprint density at radius 1 is 0.839 bits per heavy atom. The topological polar surface area (TPSA) is 64.6 Å². The lowest BCUT2D eigenvalue weighted by atomic mass is 10.0. The molecule has 0 aliphatic heterocycles. The monoisotopic (exact) mass is 411 g/mol. The predicted molar refractivity (Wildman–Crippen MR) is 121 cm³/mol. The third-order valence-electron chi connectivity index (χ3n) is 4.77. The number of anilines is 1. The van der Waals surface area contributed by atoms with E-state index in [0.717, 1.165) is 10.8 Å². The van der Waals surface area contributed by atoms with Gasteiger partial charge in [-0.15, -0.1) is 0 Å². The van der Waals surface area contributed by atoms with Crippen LogP contribution in [0.25, 0.3) is 10.8 Å². The molecule has 0 fully saturated rings. The van der Waals surface area contributed by atoms with Crippen molar-refractivity contribution in [2.45, 2.75) is 6.92 Å². The van der Waals surface area contributed by atoms with Crippen LogP contribution in [0.15, 0.2) is 91.0 Å². The molecule has 0 heterocycles. The highest BCUT2D eigenvalue weighted by molar-refractivity contribution is 6.11. The second-order valence-electron chi connectivity index (χ2n) is 6.83. The second-order valence-corrected chi connectivity index (χ2v) is 6.83. The zero-order valence-corrected chi connectivity index (χ0v) is 17.0. The van der Waals surface area contributed by atoms with E-state index in [1.165, 1.54) is 0 Å². The zero-order valence-electron chi connectivity index (χ0n) is 17.0. The Bertz CT molecular complexity index is 1230. The average molecular weight is 411 g/mol. The van der Waals surface area contributed by atoms with Gasteiger partial charge in [-0.25, -0.2) is 4.79 Å². The van der Waals surface area contributed by atoms with Crippen molar-refractivity contribution in [1.82, 2.24) is 0 Å². The summed E-state index contributed by atoms with van der Waals surface area (Å²) in [6.45, 7) is 2.32. The van der Waals surface area contributed by atoms with Gasteiger partial charge in [-0.2, -0.15) is 0 Å². The Kier molecular flexibility index (Phi) is 5.94. The first-order valence-electron chi connectivity index (χ1n) is 9.99. The van der Waals surface area contributed by atoms with Gasteiger partial charge in [0.1, 0.15) is 11.5 Å². The third kappa shape index (κ3) is 4.56. The summed E-state index contributed by atoms with van der Waals surface area (Å²) < 4.78 is 11.1. The number of benzene rings is 4. The van der Waals surface area contributed by atoms with Crippen molar-refractivity contribution in [3.63, 3.8) is 0 Å². The zero-order chi connectivity index (χ0) is 21.6. The smallest absolute Gasteiger partial charge is 0.417 e. The Balaban J connectivity index is 1.62. The van der Waals surface area contributed by atoms with Crippen molar-refractivity contribution < 1.29 is 19.1 Å². The van der Waals surface area contributed by atoms with Crippen molar-refractivity contribution in [2.24, 2.45) is 0 Å². The van der Waals surface area contributed by atoms with Gasteiger partial charge in [0.15, 0.2) is 5.78 Å². The second kappa shape index (κ2) is 9.13. The molecule has 31 heavy (non-hydrogen) atoms. The largest absolute Gasteiger partial charge is 0.494 e. The third-order valence-corrected chi connectivity index (χ3v) is 4.77. The molecule has 0 spiro atoms. The van der Waals surface area contributed by atoms with Crippen LogP contribution >= 0.6 is 0 Å². The van der Waals surface area contributed by atoms with Gasteiger partial charge in [0, 0.05) is 10.9 Å². The minimum absolute atomic E-state index is 0.162. The van der Waals surface area contributed by atoms with Crippen molar-refractivity contribution >= 4 is 28.3 Å². The van der Waals surface area contributed by atoms with Gasteiger partial charge in [-0.1, -0.05) is 66.7 Å². The van der Waals surface area contributed by atoms with Crippen molar-refractivity contribution in [1.29, 1.82) is 0 Å². The Labute approximate surface area is 180 Å². The Hall–Kier alpha value is -4.12. The van der Waals surface area contributed by atoms with Gasteiger partial charge >= 0.3 is 6.09 Å². The number of carbonyl (C=O) groups excluding carboxylic acids is 2. The van der Waals surface area contributed by atoms with Gasteiger partial charge in [0.05, 0.1) is 17.9 Å². The summed E-state index contributed by atoms with van der Waals surface area (Å²) in [5.41, 5.74) is 1.38. The standard InChI is InChI=1S/C26H21NO4/c1-2-30-20-15-16-24(22(17-20)25(28)19-10-4-3-5-11-19)31-26(29)27-23-14-8-12-18-9-6-7-13-21(18)23/h3-17H,2H2,1H3,(H,27,29). The minimum Gasteiger partial charge on any atom is -0.494 e. The molecule has 4 rings (SSSR count). The molecular formula is C26H21NO4. The van der Waals surface area contributed by atoms with Crippen LogP contribution in [0.2, 0.25) is 0 Å². The maximum atomic E-state index is 13.1. The summed E-state index contributed by atoms with van der Waals surface area (Å²) in [5.74, 6) is 0.439. The highest BCUT2D eigenvalue weighted by atomic mass is 16.6. The maximum absolute atomic E-state index is 13.1. The molecule has 1 N–H and O–H groups in total. The summed E-state index contributed by atoms with van der Waals surface area (Å²) in [4.78, 5) is 25.7. The molecule has 0 saturated carbocycles. The van der Waals surface area contributed by atoms with Gasteiger partial charge in [0.2, 0.25) is 0 Å². The van der Waals surface area contributed by atoms with Crippen molar-refractivity contribution in [3.05, 3.63) is 102 Å². The summed E-state index contributed by atoms with van der Waals surface area (Å²) in [6.07, 6.45) is -0.678. The first kappa shape index (κ1) is 20.2. The first-order chi connectivity index (χ1) is 15.2. The molecular weight excluding hydrogens is 390 g/mol. The van der Waals surface area contributed by atoms with Crippen LogP contribution in [-0.4, -0.2) is 18.5 Å². The number of carbonyl (C=O) groups is 2. The van der Waals surface area contributed by atoms with E-state index in [-0.39, 0.29) is 17.1 Å². The number of hydrogen-bond acceptors (Lipinski definition) is 4. The number of fused-ring (bicyclic) bond motifs is 1. The summed E-state index contributed by atoms with van der Waals surface area (Å²) in [5, 5.41) is 4.67. The van der Waals surface area contributed by atoms with E-state index in [9.17, 15) is 9.59 Å². The van der Waals surface area contributed by atoms with E-state index in [1.807, 2.05) is 49.4 Å². The highest BCUT2D eigenvalue weighted by Crippen LogP contribution is 2.28. The van der Waals surface area contributed by atoms with Gasteiger partial charge < -0.3 is 9.47 Å². The molecule has 0 radical (unpaired) electrons. The molecule has 4 aromatic rings. The van der Waals surface area contributed by atoms with Crippen LogP contribution in [0, 0.1) is 0 Å². The molecule has 0 atom stereocenters. The molecule has 0 saturated heterocycles. The van der Waals surface area contributed by atoms with Gasteiger partial charge in [-0.3, -0.25) is 10.1 Å². The molecule has 0 bridgehead atoms. The molecule has 0 aromatic heterocycles. The van der Waals surface area contributed by atoms with E-state index in [4.69, 9.17) is 9.47 Å². The lowest BCUT2D eigenvalue weighted by molar-refractivity contribution is 0.103. The number of rotatable bonds is 6. The van der Waals surface area contributed by atoms with E-state index >= 15 is 0 Å². The van der Waals surface area contributed by atoms with Gasteiger partial charge in [0.25, 0.3) is 0 Å². The van der Waals surface area contributed by atoms with Crippen LogP contribution in [0.4, 0.5) is 10.5 Å². The van der Waals surface area contributed by atoms with E-state index in [0.29, 0.717) is 23.6 Å². The Morgan fingerprint density at radius 2 is 1.58 bits per heavy atom. The summed E-state index contributed by atoms with van der Waals surface area (Å²) >= 11 is 0. The van der Waals surface area contributed by atoms with Crippen LogP contribution in [-0.2, 0) is 0 Å². The fraction of sp³-hybridized carbons (Fsp3) is 0.0769. The fourth-order valence-electron chi connectivity index (χ4n) is 3.35. The minimum atomic E-state index is -0.678. The van der Waals surface area contributed by atoms with Crippen molar-refractivity contribution in [2.75, 3.05) is 11.9 Å². The molecule has 5 heteroatoms. The first-order valence-corrected chi connectivity index (χ1v) is 9.99. The van der Waals surface area contributed by atoms with Crippen LogP contribution in [0.1, 0.15) is 22.8 Å². The van der Waals surface area contributed by atoms with E-state index in [2.05, 4.69) is 5.32 Å². The van der Waals surface area contributed by atoms with Crippen LogP contribution in [0.5, 0.6) is 11.5 Å². The number of ether oxygens (including phenoxy) is 2.